The Morgan fingerprint density at radius 3 is 1.23 bits per heavy atom. The number of hydrogen-bond acceptors (Lipinski definition) is 3. The van der Waals surface area contributed by atoms with Crippen LogP contribution >= 0.6 is 34.0 Å². The van der Waals surface area contributed by atoms with Crippen molar-refractivity contribution in [1.29, 1.82) is 0 Å². The lowest BCUT2D eigenvalue weighted by Gasteiger charge is -2.11. The second-order valence-electron chi connectivity index (χ2n) is 14.8. The van der Waals surface area contributed by atoms with Crippen molar-refractivity contribution in [3.8, 4) is 32.3 Å². The van der Waals surface area contributed by atoms with Crippen LogP contribution < -0.4 is 0 Å². The molecule has 0 aliphatic rings. The maximum atomic E-state index is 2.49. The molecular weight excluding hydrogens is 749 g/mol. The molecule has 0 amide bonds. The van der Waals surface area contributed by atoms with E-state index in [1.807, 2.05) is 34.0 Å². The molecule has 0 N–H and O–H groups in total. The van der Waals surface area contributed by atoms with Gasteiger partial charge in [-0.1, -0.05) is 109 Å². The lowest BCUT2D eigenvalue weighted by atomic mass is 10.1. The number of thiophene rings is 3. The Morgan fingerprint density at radius 2 is 0.737 bits per heavy atom. The van der Waals surface area contributed by atoms with Crippen LogP contribution in [0, 0.1) is 0 Å². The Kier molecular flexibility index (Phi) is 6.67. The highest BCUT2D eigenvalue weighted by Crippen LogP contribution is 2.46. The standard InChI is InChI=1S/C52H30N2S3/c1-5-19-41-35(15-1)37-23-25-47-49(39-17-3-7-21-45(39)56-47)51(37)53(41)33-13-9-11-31(29-33)43-27-28-44(55-43)32-12-10-14-34(30-32)54-42-20-6-2-16-36(42)38-24-26-48-50(52(38)54)40-18-4-8-22-46(40)57-48/h1-30H. The number of nitrogens with zero attached hydrogens (tertiary/aromatic N) is 2. The van der Waals surface area contributed by atoms with Gasteiger partial charge in [-0.15, -0.1) is 34.0 Å². The highest BCUT2D eigenvalue weighted by atomic mass is 32.1. The molecule has 0 bridgehead atoms. The molecule has 0 unspecified atom stereocenters. The lowest BCUT2D eigenvalue weighted by Crippen LogP contribution is -1.94. The SMILES string of the molecule is c1cc(-c2ccc(-c3cccc(-n4c5ccccc5c5ccc6sc7ccccc7c6c54)c3)s2)cc(-n2c3ccccc3c3ccc4sc5ccccc5c4c32)c1. The molecule has 13 aromatic rings. The van der Waals surface area contributed by atoms with Gasteiger partial charge in [-0.05, 0) is 83.9 Å². The second-order valence-corrected chi connectivity index (χ2v) is 18.1. The molecule has 5 aromatic heterocycles. The fraction of sp³-hybridized carbons (Fsp3) is 0. The van der Waals surface area contributed by atoms with Gasteiger partial charge in [-0.3, -0.25) is 0 Å². The molecule has 13 rings (SSSR count). The quantitative estimate of drug-likeness (QED) is 0.168. The van der Waals surface area contributed by atoms with Crippen LogP contribution in [0.5, 0.6) is 0 Å². The summed E-state index contributed by atoms with van der Waals surface area (Å²) in [6.07, 6.45) is 0. The summed E-state index contributed by atoms with van der Waals surface area (Å²) < 4.78 is 10.3. The van der Waals surface area contributed by atoms with Gasteiger partial charge in [0, 0.05) is 83.0 Å². The number of benzene rings is 8. The molecule has 0 aliphatic heterocycles. The van der Waals surface area contributed by atoms with Crippen molar-refractivity contribution in [2.75, 3.05) is 0 Å². The summed E-state index contributed by atoms with van der Waals surface area (Å²) in [7, 11) is 0. The average molecular weight is 779 g/mol. The maximum absolute atomic E-state index is 2.49. The fourth-order valence-electron chi connectivity index (χ4n) is 9.31. The van der Waals surface area contributed by atoms with Gasteiger partial charge in [-0.25, -0.2) is 0 Å². The van der Waals surface area contributed by atoms with Crippen LogP contribution in [0.1, 0.15) is 0 Å². The second kappa shape index (κ2) is 12.0. The van der Waals surface area contributed by atoms with E-state index in [1.54, 1.807) is 0 Å². The highest BCUT2D eigenvalue weighted by Gasteiger charge is 2.20. The van der Waals surface area contributed by atoms with Crippen LogP contribution in [0.3, 0.4) is 0 Å². The Bertz CT molecular complexity index is 3530. The van der Waals surface area contributed by atoms with E-state index in [4.69, 9.17) is 0 Å². The number of rotatable bonds is 4. The van der Waals surface area contributed by atoms with E-state index in [1.165, 1.54) is 116 Å². The molecule has 266 valence electrons. The largest absolute Gasteiger partial charge is 0.309 e. The minimum atomic E-state index is 1.18. The van der Waals surface area contributed by atoms with Gasteiger partial charge in [0.1, 0.15) is 0 Å². The first-order chi connectivity index (χ1) is 28.3. The Hall–Kier alpha value is -6.50. The van der Waals surface area contributed by atoms with E-state index >= 15 is 0 Å². The van der Waals surface area contributed by atoms with Crippen molar-refractivity contribution in [1.82, 2.24) is 9.13 Å². The normalized spacial score (nSPS) is 12.2. The van der Waals surface area contributed by atoms with Gasteiger partial charge < -0.3 is 9.13 Å². The first-order valence-corrected chi connectivity index (χ1v) is 21.7. The van der Waals surface area contributed by atoms with Gasteiger partial charge in [0.05, 0.1) is 22.1 Å². The van der Waals surface area contributed by atoms with Crippen LogP contribution in [-0.2, 0) is 0 Å². The molecule has 2 nitrogen and oxygen atoms in total. The molecule has 57 heavy (non-hydrogen) atoms. The predicted octanol–water partition coefficient (Wildman–Crippen LogP) is 16.0. The summed E-state index contributed by atoms with van der Waals surface area (Å²) in [5, 5.41) is 10.5. The van der Waals surface area contributed by atoms with Crippen molar-refractivity contribution in [2.24, 2.45) is 0 Å². The zero-order valence-corrected chi connectivity index (χ0v) is 32.9. The molecule has 0 spiro atoms. The number of aromatic nitrogens is 2. The molecule has 8 aromatic carbocycles. The molecule has 5 heterocycles. The zero-order valence-electron chi connectivity index (χ0n) is 30.4. The third-order valence-corrected chi connectivity index (χ3v) is 15.2. The van der Waals surface area contributed by atoms with Crippen molar-refractivity contribution in [3.05, 3.63) is 182 Å². The van der Waals surface area contributed by atoms with E-state index in [0.717, 1.165) is 0 Å². The van der Waals surface area contributed by atoms with Crippen LogP contribution in [-0.4, -0.2) is 9.13 Å². The zero-order chi connectivity index (χ0) is 37.2. The van der Waals surface area contributed by atoms with Gasteiger partial charge in [0.25, 0.3) is 0 Å². The first-order valence-electron chi connectivity index (χ1n) is 19.3. The topological polar surface area (TPSA) is 9.86 Å². The van der Waals surface area contributed by atoms with Gasteiger partial charge in [-0.2, -0.15) is 0 Å². The molecule has 0 aliphatic carbocycles. The predicted molar refractivity (Wildman–Crippen MR) is 250 cm³/mol. The van der Waals surface area contributed by atoms with Gasteiger partial charge in [0.2, 0.25) is 0 Å². The summed E-state index contributed by atoms with van der Waals surface area (Å²) in [5.41, 5.74) is 9.83. The number of para-hydroxylation sites is 2. The molecule has 0 radical (unpaired) electrons. The van der Waals surface area contributed by atoms with Crippen molar-refractivity contribution in [2.45, 2.75) is 0 Å². The summed E-state index contributed by atoms with van der Waals surface area (Å²) in [4.78, 5) is 2.51. The summed E-state index contributed by atoms with van der Waals surface area (Å²) >= 11 is 5.62. The lowest BCUT2D eigenvalue weighted by molar-refractivity contribution is 1.19. The fourth-order valence-corrected chi connectivity index (χ4v) is 12.5. The third-order valence-electron chi connectivity index (χ3n) is 11.7. The molecular formula is C52H30N2S3. The van der Waals surface area contributed by atoms with Crippen LogP contribution in [0.15, 0.2) is 182 Å². The molecule has 0 saturated carbocycles. The summed E-state index contributed by atoms with van der Waals surface area (Å²) in [5.74, 6) is 0. The highest BCUT2D eigenvalue weighted by molar-refractivity contribution is 7.26. The minimum Gasteiger partial charge on any atom is -0.309 e. The Morgan fingerprint density at radius 1 is 0.298 bits per heavy atom. The number of fused-ring (bicyclic) bond motifs is 14. The average Bonchev–Trinajstić information content (AvgIpc) is 4.09. The van der Waals surface area contributed by atoms with E-state index in [2.05, 4.69) is 191 Å². The number of hydrogen-bond donors (Lipinski definition) is 0. The van der Waals surface area contributed by atoms with Gasteiger partial charge >= 0.3 is 0 Å². The van der Waals surface area contributed by atoms with Crippen molar-refractivity contribution < 1.29 is 0 Å². The van der Waals surface area contributed by atoms with Crippen LogP contribution in [0.25, 0.3) is 116 Å². The third kappa shape index (κ3) is 4.56. The maximum Gasteiger partial charge on any atom is 0.0634 e. The molecule has 5 heteroatoms. The van der Waals surface area contributed by atoms with Crippen LogP contribution in [0.2, 0.25) is 0 Å². The first kappa shape index (κ1) is 31.7. The van der Waals surface area contributed by atoms with E-state index < -0.39 is 0 Å². The molecule has 0 fully saturated rings. The Balaban J connectivity index is 0.958. The van der Waals surface area contributed by atoms with E-state index in [0.29, 0.717) is 0 Å². The van der Waals surface area contributed by atoms with Crippen molar-refractivity contribution in [3.63, 3.8) is 0 Å². The van der Waals surface area contributed by atoms with Gasteiger partial charge in [0.15, 0.2) is 0 Å². The summed E-state index contributed by atoms with van der Waals surface area (Å²) in [6, 6.07) is 67.5. The van der Waals surface area contributed by atoms with Crippen molar-refractivity contribution >= 4 is 118 Å². The Labute approximate surface area is 339 Å². The van der Waals surface area contributed by atoms with E-state index in [9.17, 15) is 0 Å². The summed E-state index contributed by atoms with van der Waals surface area (Å²) in [6.45, 7) is 0. The molecule has 0 saturated heterocycles. The van der Waals surface area contributed by atoms with E-state index in [-0.39, 0.29) is 0 Å². The smallest absolute Gasteiger partial charge is 0.0634 e. The van der Waals surface area contributed by atoms with Crippen LogP contribution in [0.4, 0.5) is 0 Å². The monoisotopic (exact) mass is 778 g/mol. The molecule has 0 atom stereocenters. The minimum absolute atomic E-state index is 1.18.